The van der Waals surface area contributed by atoms with E-state index in [0.29, 0.717) is 0 Å². The van der Waals surface area contributed by atoms with E-state index < -0.39 is 23.2 Å². The molecule has 0 bridgehead atoms. The van der Waals surface area contributed by atoms with Gasteiger partial charge in [-0.25, -0.2) is 13.6 Å². The van der Waals surface area contributed by atoms with E-state index >= 15 is 0 Å². The molecule has 6 heteroatoms. The summed E-state index contributed by atoms with van der Waals surface area (Å²) in [5, 5.41) is 8.77. The average Bonchev–Trinajstić information content (AvgIpc) is 2.36. The lowest BCUT2D eigenvalue weighted by atomic mass is 10.2. The van der Waals surface area contributed by atoms with Gasteiger partial charge in [0.15, 0.2) is 11.6 Å². The Bertz CT molecular complexity index is 644. The lowest BCUT2D eigenvalue weighted by Crippen LogP contribution is -2.01. The topological polar surface area (TPSA) is 46.5 Å². The molecule has 0 aliphatic rings. The van der Waals surface area contributed by atoms with Crippen molar-refractivity contribution >= 4 is 17.6 Å². The van der Waals surface area contributed by atoms with Crippen LogP contribution in [0.1, 0.15) is 10.4 Å². The van der Waals surface area contributed by atoms with Crippen LogP contribution in [0.15, 0.2) is 36.4 Å². The van der Waals surface area contributed by atoms with Gasteiger partial charge in [0.1, 0.15) is 17.1 Å². The van der Waals surface area contributed by atoms with Gasteiger partial charge in [0.2, 0.25) is 0 Å². The molecule has 0 radical (unpaired) electrons. The molecular formula is C13H7ClF2O3. The van der Waals surface area contributed by atoms with E-state index in [4.69, 9.17) is 21.4 Å². The quantitative estimate of drug-likeness (QED) is 0.922. The predicted octanol–water partition coefficient (Wildman–Crippen LogP) is 4.11. The standard InChI is InChI=1S/C13H7ClF2O3/c14-9-2-1-3-11(12(9)16)19-10-5-4-7(15)6-8(10)13(17)18/h1-6H,(H,17,18). The molecule has 0 saturated carbocycles. The largest absolute Gasteiger partial charge is 0.478 e. The molecule has 2 aromatic carbocycles. The van der Waals surface area contributed by atoms with Crippen molar-refractivity contribution in [2.24, 2.45) is 0 Å². The van der Waals surface area contributed by atoms with Gasteiger partial charge >= 0.3 is 5.97 Å². The van der Waals surface area contributed by atoms with Crippen molar-refractivity contribution in [2.75, 3.05) is 0 Å². The van der Waals surface area contributed by atoms with E-state index in [0.717, 1.165) is 18.2 Å². The highest BCUT2D eigenvalue weighted by atomic mass is 35.5. The Kier molecular flexibility index (Phi) is 3.66. The molecule has 2 aromatic rings. The maximum Gasteiger partial charge on any atom is 0.339 e. The smallest absolute Gasteiger partial charge is 0.339 e. The SMILES string of the molecule is O=C(O)c1cc(F)ccc1Oc1cccc(Cl)c1F. The second-order valence-corrected chi connectivity index (χ2v) is 4.01. The van der Waals surface area contributed by atoms with Crippen molar-refractivity contribution in [2.45, 2.75) is 0 Å². The van der Waals surface area contributed by atoms with Crippen LogP contribution < -0.4 is 4.74 Å². The van der Waals surface area contributed by atoms with Gasteiger partial charge < -0.3 is 9.84 Å². The van der Waals surface area contributed by atoms with Crippen molar-refractivity contribution in [3.8, 4) is 11.5 Å². The van der Waals surface area contributed by atoms with Gasteiger partial charge in [-0.1, -0.05) is 17.7 Å². The number of benzene rings is 2. The summed E-state index contributed by atoms with van der Waals surface area (Å²) in [7, 11) is 0. The second kappa shape index (κ2) is 5.24. The highest BCUT2D eigenvalue weighted by Gasteiger charge is 2.15. The van der Waals surface area contributed by atoms with E-state index in [2.05, 4.69) is 0 Å². The molecule has 0 spiro atoms. The minimum Gasteiger partial charge on any atom is -0.478 e. The summed E-state index contributed by atoms with van der Waals surface area (Å²) >= 11 is 5.58. The fraction of sp³-hybridized carbons (Fsp3) is 0. The highest BCUT2D eigenvalue weighted by molar-refractivity contribution is 6.30. The first-order valence-electron chi connectivity index (χ1n) is 5.13. The predicted molar refractivity (Wildman–Crippen MR) is 64.8 cm³/mol. The number of aromatic carboxylic acids is 1. The van der Waals surface area contributed by atoms with E-state index in [-0.39, 0.29) is 16.5 Å². The van der Waals surface area contributed by atoms with Gasteiger partial charge in [-0.05, 0) is 30.3 Å². The van der Waals surface area contributed by atoms with E-state index in [9.17, 15) is 13.6 Å². The Balaban J connectivity index is 2.44. The molecule has 98 valence electrons. The normalized spacial score (nSPS) is 10.3. The summed E-state index contributed by atoms with van der Waals surface area (Å²) in [6.45, 7) is 0. The van der Waals surface area contributed by atoms with E-state index in [1.165, 1.54) is 18.2 Å². The second-order valence-electron chi connectivity index (χ2n) is 3.60. The van der Waals surface area contributed by atoms with Crippen LogP contribution >= 0.6 is 11.6 Å². The number of rotatable bonds is 3. The van der Waals surface area contributed by atoms with Crippen LogP contribution in [-0.2, 0) is 0 Å². The van der Waals surface area contributed by atoms with Crippen LogP contribution in [0.3, 0.4) is 0 Å². The fourth-order valence-corrected chi connectivity index (χ4v) is 1.61. The third-order valence-corrected chi connectivity index (χ3v) is 2.60. The Hall–Kier alpha value is -2.14. The minimum absolute atomic E-state index is 0.156. The first-order valence-corrected chi connectivity index (χ1v) is 5.51. The van der Waals surface area contributed by atoms with Gasteiger partial charge in [-0.3, -0.25) is 0 Å². The molecule has 0 amide bonds. The lowest BCUT2D eigenvalue weighted by molar-refractivity contribution is 0.0693. The number of hydrogen-bond donors (Lipinski definition) is 1. The Morgan fingerprint density at radius 3 is 2.58 bits per heavy atom. The van der Waals surface area contributed by atoms with Gasteiger partial charge in [0.25, 0.3) is 0 Å². The van der Waals surface area contributed by atoms with Gasteiger partial charge in [-0.2, -0.15) is 0 Å². The van der Waals surface area contributed by atoms with Crippen molar-refractivity contribution in [1.29, 1.82) is 0 Å². The van der Waals surface area contributed by atoms with Crippen molar-refractivity contribution in [1.82, 2.24) is 0 Å². The number of carboxylic acid groups (broad SMARTS) is 1. The van der Waals surface area contributed by atoms with Crippen molar-refractivity contribution in [3.63, 3.8) is 0 Å². The summed E-state index contributed by atoms with van der Waals surface area (Å²) in [4.78, 5) is 10.9. The third-order valence-electron chi connectivity index (χ3n) is 2.31. The maximum absolute atomic E-state index is 13.6. The Labute approximate surface area is 112 Å². The van der Waals surface area contributed by atoms with Gasteiger partial charge in [-0.15, -0.1) is 0 Å². The molecular weight excluding hydrogens is 278 g/mol. The molecule has 0 aliphatic carbocycles. The van der Waals surface area contributed by atoms with Crippen molar-refractivity contribution < 1.29 is 23.4 Å². The summed E-state index contributed by atoms with van der Waals surface area (Å²) in [6.07, 6.45) is 0. The van der Waals surface area contributed by atoms with Crippen LogP contribution in [0.2, 0.25) is 5.02 Å². The number of carboxylic acids is 1. The molecule has 0 saturated heterocycles. The summed E-state index contributed by atoms with van der Waals surface area (Å²) in [5.74, 6) is -3.32. The molecule has 2 rings (SSSR count). The van der Waals surface area contributed by atoms with Crippen LogP contribution in [-0.4, -0.2) is 11.1 Å². The van der Waals surface area contributed by atoms with Crippen LogP contribution in [0, 0.1) is 11.6 Å². The Morgan fingerprint density at radius 1 is 1.16 bits per heavy atom. The van der Waals surface area contributed by atoms with E-state index in [1.54, 1.807) is 0 Å². The maximum atomic E-state index is 13.6. The molecule has 19 heavy (non-hydrogen) atoms. The zero-order chi connectivity index (χ0) is 14.0. The molecule has 0 heterocycles. The lowest BCUT2D eigenvalue weighted by Gasteiger charge is -2.10. The summed E-state index contributed by atoms with van der Waals surface area (Å²) < 4.78 is 31.7. The zero-order valence-corrected chi connectivity index (χ0v) is 10.1. The van der Waals surface area contributed by atoms with Crippen molar-refractivity contribution in [3.05, 3.63) is 58.6 Å². The number of hydrogen-bond acceptors (Lipinski definition) is 2. The van der Waals surface area contributed by atoms with Crippen LogP contribution in [0.4, 0.5) is 8.78 Å². The number of halogens is 3. The Morgan fingerprint density at radius 2 is 1.89 bits per heavy atom. The fourth-order valence-electron chi connectivity index (χ4n) is 1.44. The molecule has 0 atom stereocenters. The highest BCUT2D eigenvalue weighted by Crippen LogP contribution is 2.31. The first kappa shape index (κ1) is 13.3. The van der Waals surface area contributed by atoms with Gasteiger partial charge in [0, 0.05) is 0 Å². The number of ether oxygens (including phenoxy) is 1. The minimum atomic E-state index is -1.38. The molecule has 1 N–H and O–H groups in total. The third kappa shape index (κ3) is 2.82. The first-order chi connectivity index (χ1) is 8.99. The summed E-state index contributed by atoms with van der Waals surface area (Å²) in [5.41, 5.74) is -0.403. The zero-order valence-electron chi connectivity index (χ0n) is 9.36. The molecule has 0 aromatic heterocycles. The van der Waals surface area contributed by atoms with Crippen LogP contribution in [0.25, 0.3) is 0 Å². The molecule has 0 aliphatic heterocycles. The average molecular weight is 285 g/mol. The number of carbonyl (C=O) groups is 1. The molecule has 0 unspecified atom stereocenters. The van der Waals surface area contributed by atoms with E-state index in [1.807, 2.05) is 0 Å². The molecule has 3 nitrogen and oxygen atoms in total. The monoisotopic (exact) mass is 284 g/mol. The van der Waals surface area contributed by atoms with Crippen LogP contribution in [0.5, 0.6) is 11.5 Å². The molecule has 0 fully saturated rings. The summed E-state index contributed by atoms with van der Waals surface area (Å²) in [6, 6.07) is 6.98. The van der Waals surface area contributed by atoms with Gasteiger partial charge in [0.05, 0.1) is 5.02 Å².